The van der Waals surface area contributed by atoms with Crippen LogP contribution >= 0.6 is 0 Å². The Balaban J connectivity index is 1.37. The first-order valence-corrected chi connectivity index (χ1v) is 15.6. The minimum atomic E-state index is 0.667. The van der Waals surface area contributed by atoms with E-state index in [9.17, 15) is 0 Å². The monoisotopic (exact) mass is 586 g/mol. The fourth-order valence-corrected chi connectivity index (χ4v) is 7.27. The van der Waals surface area contributed by atoms with Gasteiger partial charge in [-0.3, -0.25) is 4.57 Å². The molecule has 0 aliphatic carbocycles. The lowest BCUT2D eigenvalue weighted by atomic mass is 10.0. The number of benzene rings is 7. The van der Waals surface area contributed by atoms with Gasteiger partial charge in [0, 0.05) is 43.6 Å². The van der Waals surface area contributed by atoms with Gasteiger partial charge in [0.1, 0.15) is 0 Å². The third-order valence-electron chi connectivity index (χ3n) is 9.31. The van der Waals surface area contributed by atoms with Crippen molar-refractivity contribution in [1.82, 2.24) is 19.1 Å². The summed E-state index contributed by atoms with van der Waals surface area (Å²) in [6.45, 7) is 0. The summed E-state index contributed by atoms with van der Waals surface area (Å²) in [6.07, 6.45) is 0. The van der Waals surface area contributed by atoms with E-state index in [0.717, 1.165) is 49.7 Å². The van der Waals surface area contributed by atoms with Crippen LogP contribution < -0.4 is 0 Å². The van der Waals surface area contributed by atoms with Gasteiger partial charge in [-0.2, -0.15) is 0 Å². The highest BCUT2D eigenvalue weighted by Gasteiger charge is 2.21. The Hall–Kier alpha value is -6.26. The largest absolute Gasteiger partial charge is 0.309 e. The summed E-state index contributed by atoms with van der Waals surface area (Å²) in [5.74, 6) is 0.667. The lowest BCUT2D eigenvalue weighted by molar-refractivity contribution is 1.02. The third kappa shape index (κ3) is 3.55. The average molecular weight is 587 g/mol. The van der Waals surface area contributed by atoms with Crippen LogP contribution in [0.15, 0.2) is 158 Å². The SMILES string of the molecule is c1ccc(-c2nc(-n3c4ccccc4c4cc5c(cc43)c3ccccc3n5-c3ccccc3)nc3c2ccc2ccccc23)cc1. The van der Waals surface area contributed by atoms with Crippen molar-refractivity contribution < 1.29 is 0 Å². The zero-order valence-electron chi connectivity index (χ0n) is 24.8. The van der Waals surface area contributed by atoms with Crippen LogP contribution in [-0.4, -0.2) is 19.1 Å². The fraction of sp³-hybridized carbons (Fsp3) is 0. The van der Waals surface area contributed by atoms with Gasteiger partial charge in [-0.25, -0.2) is 9.97 Å². The highest BCUT2D eigenvalue weighted by atomic mass is 15.2. The van der Waals surface area contributed by atoms with E-state index in [-0.39, 0.29) is 0 Å². The lowest BCUT2D eigenvalue weighted by Gasteiger charge is -2.13. The molecule has 10 aromatic rings. The summed E-state index contributed by atoms with van der Waals surface area (Å²) in [7, 11) is 0. The van der Waals surface area contributed by atoms with Gasteiger partial charge in [-0.15, -0.1) is 0 Å². The Morgan fingerprint density at radius 1 is 0.370 bits per heavy atom. The van der Waals surface area contributed by atoms with Gasteiger partial charge in [0.2, 0.25) is 5.95 Å². The van der Waals surface area contributed by atoms with Crippen LogP contribution in [0.25, 0.3) is 88.2 Å². The molecule has 46 heavy (non-hydrogen) atoms. The molecule has 0 atom stereocenters. The summed E-state index contributed by atoms with van der Waals surface area (Å²) in [4.78, 5) is 10.7. The normalized spacial score (nSPS) is 11.9. The van der Waals surface area contributed by atoms with Crippen molar-refractivity contribution in [3.63, 3.8) is 0 Å². The Kier molecular flexibility index (Phi) is 5.25. The standard InChI is InChI=1S/C42H26N4/c1-3-14-28(15-4-1)40-33-24-23-27-13-7-8-18-30(27)41(33)44-42(43-40)46-37-22-12-10-20-32(37)35-25-38-34(26-39(35)46)31-19-9-11-21-36(31)45(38)29-16-5-2-6-17-29/h1-26H. The van der Waals surface area contributed by atoms with E-state index in [0.29, 0.717) is 5.95 Å². The maximum atomic E-state index is 5.37. The molecule has 0 aliphatic heterocycles. The molecular weight excluding hydrogens is 560 g/mol. The Bertz CT molecular complexity index is 2790. The molecule has 0 amide bonds. The quantitative estimate of drug-likeness (QED) is 0.193. The second-order valence-corrected chi connectivity index (χ2v) is 11.8. The first-order chi connectivity index (χ1) is 22.8. The summed E-state index contributed by atoms with van der Waals surface area (Å²) in [5, 5.41) is 8.09. The number of para-hydroxylation sites is 3. The summed E-state index contributed by atoms with van der Waals surface area (Å²) in [5.41, 5.74) is 8.64. The Labute approximate surface area is 264 Å². The topological polar surface area (TPSA) is 35.6 Å². The zero-order valence-corrected chi connectivity index (χ0v) is 24.8. The highest BCUT2D eigenvalue weighted by Crippen LogP contribution is 2.40. The molecule has 0 aliphatic rings. The fourth-order valence-electron chi connectivity index (χ4n) is 7.27. The van der Waals surface area contributed by atoms with E-state index in [1.165, 1.54) is 32.6 Å². The van der Waals surface area contributed by atoms with E-state index < -0.39 is 0 Å². The minimum Gasteiger partial charge on any atom is -0.309 e. The van der Waals surface area contributed by atoms with Crippen LogP contribution in [-0.2, 0) is 0 Å². The maximum Gasteiger partial charge on any atom is 0.235 e. The Morgan fingerprint density at radius 2 is 0.935 bits per heavy atom. The first kappa shape index (κ1) is 25.1. The van der Waals surface area contributed by atoms with Crippen molar-refractivity contribution in [2.24, 2.45) is 0 Å². The molecular formula is C42H26N4. The van der Waals surface area contributed by atoms with Crippen LogP contribution in [0.1, 0.15) is 0 Å². The molecule has 0 N–H and O–H groups in total. The third-order valence-corrected chi connectivity index (χ3v) is 9.31. The number of hydrogen-bond acceptors (Lipinski definition) is 2. The van der Waals surface area contributed by atoms with Crippen LogP contribution in [0.4, 0.5) is 0 Å². The van der Waals surface area contributed by atoms with Crippen LogP contribution in [0.2, 0.25) is 0 Å². The van der Waals surface area contributed by atoms with Gasteiger partial charge >= 0.3 is 0 Å². The van der Waals surface area contributed by atoms with E-state index in [1.54, 1.807) is 0 Å². The van der Waals surface area contributed by atoms with Gasteiger partial charge in [0.15, 0.2) is 0 Å². The molecule has 0 fully saturated rings. The van der Waals surface area contributed by atoms with Crippen molar-refractivity contribution in [1.29, 1.82) is 0 Å². The number of aromatic nitrogens is 4. The van der Waals surface area contributed by atoms with Crippen LogP contribution in [0.3, 0.4) is 0 Å². The van der Waals surface area contributed by atoms with Gasteiger partial charge in [0.05, 0.1) is 33.3 Å². The van der Waals surface area contributed by atoms with Crippen molar-refractivity contribution in [3.05, 3.63) is 158 Å². The minimum absolute atomic E-state index is 0.667. The van der Waals surface area contributed by atoms with Crippen LogP contribution in [0.5, 0.6) is 0 Å². The highest BCUT2D eigenvalue weighted by molar-refractivity contribution is 6.19. The van der Waals surface area contributed by atoms with Gasteiger partial charge in [-0.05, 0) is 47.9 Å². The molecule has 0 saturated heterocycles. The lowest BCUT2D eigenvalue weighted by Crippen LogP contribution is -2.03. The van der Waals surface area contributed by atoms with Gasteiger partial charge in [-0.1, -0.05) is 115 Å². The molecule has 4 nitrogen and oxygen atoms in total. The van der Waals surface area contributed by atoms with Crippen LogP contribution in [0, 0.1) is 0 Å². The van der Waals surface area contributed by atoms with E-state index in [4.69, 9.17) is 9.97 Å². The molecule has 0 spiro atoms. The Morgan fingerprint density at radius 3 is 1.65 bits per heavy atom. The van der Waals surface area contributed by atoms with Crippen molar-refractivity contribution in [3.8, 4) is 22.9 Å². The van der Waals surface area contributed by atoms with E-state index in [1.807, 2.05) is 6.07 Å². The van der Waals surface area contributed by atoms with Crippen molar-refractivity contribution in [2.75, 3.05) is 0 Å². The number of fused-ring (bicyclic) bond motifs is 9. The molecule has 3 aromatic heterocycles. The maximum absolute atomic E-state index is 5.37. The molecule has 3 heterocycles. The van der Waals surface area contributed by atoms with Gasteiger partial charge in [0.25, 0.3) is 0 Å². The van der Waals surface area contributed by atoms with Crippen molar-refractivity contribution in [2.45, 2.75) is 0 Å². The molecule has 214 valence electrons. The van der Waals surface area contributed by atoms with Crippen molar-refractivity contribution >= 4 is 65.3 Å². The smallest absolute Gasteiger partial charge is 0.235 e. The first-order valence-electron chi connectivity index (χ1n) is 15.6. The molecule has 4 heteroatoms. The van der Waals surface area contributed by atoms with E-state index >= 15 is 0 Å². The number of hydrogen-bond donors (Lipinski definition) is 0. The molecule has 0 saturated carbocycles. The second-order valence-electron chi connectivity index (χ2n) is 11.8. The molecule has 7 aromatic carbocycles. The molecule has 10 rings (SSSR count). The summed E-state index contributed by atoms with van der Waals surface area (Å²) in [6, 6.07) is 55.9. The van der Waals surface area contributed by atoms with Gasteiger partial charge < -0.3 is 4.57 Å². The average Bonchev–Trinajstić information content (AvgIpc) is 3.63. The molecule has 0 radical (unpaired) electrons. The summed E-state index contributed by atoms with van der Waals surface area (Å²) >= 11 is 0. The second kappa shape index (κ2) is 9.62. The summed E-state index contributed by atoms with van der Waals surface area (Å²) < 4.78 is 4.63. The predicted molar refractivity (Wildman–Crippen MR) is 191 cm³/mol. The number of rotatable bonds is 3. The molecule has 0 unspecified atom stereocenters. The van der Waals surface area contributed by atoms with E-state index in [2.05, 4.69) is 161 Å². The zero-order chi connectivity index (χ0) is 30.2. The predicted octanol–water partition coefficient (Wildman–Crippen LogP) is 10.6. The molecule has 0 bridgehead atoms. The number of nitrogens with zero attached hydrogens (tertiary/aromatic N) is 4.